The molecular formula is C13H8I2N2O3. The second-order valence-corrected chi connectivity index (χ2v) is 6.26. The van der Waals surface area contributed by atoms with Gasteiger partial charge in [-0.05, 0) is 69.4 Å². The van der Waals surface area contributed by atoms with Gasteiger partial charge in [0.15, 0.2) is 0 Å². The van der Waals surface area contributed by atoms with Gasteiger partial charge in [0.1, 0.15) is 5.75 Å². The molecule has 5 nitrogen and oxygen atoms in total. The van der Waals surface area contributed by atoms with Gasteiger partial charge in [-0.3, -0.25) is 15.1 Å². The molecule has 0 aromatic heterocycles. The molecule has 0 spiro atoms. The quantitative estimate of drug-likeness (QED) is 0.300. The fraction of sp³-hybridized carbons (Fsp3) is 0. The summed E-state index contributed by atoms with van der Waals surface area (Å²) in [6.45, 7) is 0. The maximum Gasteiger partial charge on any atom is 0.271 e. The molecule has 0 unspecified atom stereocenters. The molecule has 2 rings (SSSR count). The first-order chi connectivity index (χ1) is 9.47. The second kappa shape index (κ2) is 6.48. The van der Waals surface area contributed by atoms with Crippen molar-refractivity contribution in [2.45, 2.75) is 0 Å². The summed E-state index contributed by atoms with van der Waals surface area (Å²) in [6.07, 6.45) is 1.42. The van der Waals surface area contributed by atoms with Crippen LogP contribution in [-0.4, -0.2) is 16.2 Å². The van der Waals surface area contributed by atoms with E-state index in [-0.39, 0.29) is 11.4 Å². The van der Waals surface area contributed by atoms with Gasteiger partial charge in [0.2, 0.25) is 0 Å². The van der Waals surface area contributed by atoms with Crippen LogP contribution < -0.4 is 0 Å². The third-order valence-electron chi connectivity index (χ3n) is 2.47. The molecule has 7 heteroatoms. The monoisotopic (exact) mass is 494 g/mol. The topological polar surface area (TPSA) is 75.7 Å². The Morgan fingerprint density at radius 3 is 2.45 bits per heavy atom. The molecule has 2 aromatic rings. The van der Waals surface area contributed by atoms with E-state index in [0.717, 1.165) is 3.57 Å². The lowest BCUT2D eigenvalue weighted by atomic mass is 10.2. The average Bonchev–Trinajstić information content (AvgIpc) is 2.42. The number of nitro benzene ring substituents is 1. The van der Waals surface area contributed by atoms with Crippen LogP contribution >= 0.6 is 45.2 Å². The van der Waals surface area contributed by atoms with E-state index in [9.17, 15) is 15.2 Å². The number of benzene rings is 2. The molecule has 0 saturated carbocycles. The summed E-state index contributed by atoms with van der Waals surface area (Å²) in [7, 11) is 0. The molecule has 0 aliphatic heterocycles. The van der Waals surface area contributed by atoms with Gasteiger partial charge >= 0.3 is 0 Å². The molecule has 0 aliphatic carbocycles. The van der Waals surface area contributed by atoms with Crippen molar-refractivity contribution in [2.24, 2.45) is 4.99 Å². The highest BCUT2D eigenvalue weighted by Crippen LogP contribution is 2.29. The first kappa shape index (κ1) is 15.2. The molecule has 0 saturated heterocycles. The van der Waals surface area contributed by atoms with E-state index in [4.69, 9.17) is 0 Å². The number of rotatable bonds is 3. The van der Waals surface area contributed by atoms with Crippen molar-refractivity contribution in [2.75, 3.05) is 0 Å². The Morgan fingerprint density at radius 1 is 1.20 bits per heavy atom. The Kier molecular flexibility index (Phi) is 4.91. The summed E-state index contributed by atoms with van der Waals surface area (Å²) in [6, 6.07) is 10.1. The molecule has 0 bridgehead atoms. The zero-order valence-corrected chi connectivity index (χ0v) is 14.3. The fourth-order valence-electron chi connectivity index (χ4n) is 1.48. The number of hydrogen-bond donors (Lipinski definition) is 1. The highest BCUT2D eigenvalue weighted by Gasteiger charge is 2.13. The summed E-state index contributed by atoms with van der Waals surface area (Å²) in [5.41, 5.74) is 0.963. The largest absolute Gasteiger partial charge is 0.506 e. The number of phenols is 1. The number of aliphatic imine (C=N–C) groups is 1. The lowest BCUT2D eigenvalue weighted by Crippen LogP contribution is -1.93. The molecule has 102 valence electrons. The van der Waals surface area contributed by atoms with Crippen molar-refractivity contribution in [1.29, 1.82) is 0 Å². The third-order valence-corrected chi connectivity index (χ3v) is 4.01. The van der Waals surface area contributed by atoms with Gasteiger partial charge in [-0.15, -0.1) is 0 Å². The van der Waals surface area contributed by atoms with Gasteiger partial charge < -0.3 is 5.11 Å². The van der Waals surface area contributed by atoms with Gasteiger partial charge in [0.05, 0.1) is 14.2 Å². The van der Waals surface area contributed by atoms with Crippen LogP contribution in [0.5, 0.6) is 5.75 Å². The van der Waals surface area contributed by atoms with Crippen molar-refractivity contribution in [3.8, 4) is 5.75 Å². The molecule has 0 fully saturated rings. The van der Waals surface area contributed by atoms with Crippen molar-refractivity contribution in [1.82, 2.24) is 0 Å². The Labute approximate surface area is 142 Å². The molecule has 0 heterocycles. The van der Waals surface area contributed by atoms with Gasteiger partial charge in [0.25, 0.3) is 5.69 Å². The standard InChI is InChI=1S/C13H8I2N2O3/c14-9-1-3-10(4-2-9)16-7-8-5-11(17(19)20)6-12(15)13(8)18/h1-7,18H. The van der Waals surface area contributed by atoms with Gasteiger partial charge in [0, 0.05) is 27.5 Å². The Morgan fingerprint density at radius 2 is 1.85 bits per heavy atom. The highest BCUT2D eigenvalue weighted by molar-refractivity contribution is 14.1. The number of nitrogens with zero attached hydrogens (tertiary/aromatic N) is 2. The van der Waals surface area contributed by atoms with E-state index in [1.807, 2.05) is 46.9 Å². The van der Waals surface area contributed by atoms with Crippen molar-refractivity contribution < 1.29 is 10.0 Å². The maximum absolute atomic E-state index is 10.8. The van der Waals surface area contributed by atoms with Crippen LogP contribution in [0.2, 0.25) is 0 Å². The van der Waals surface area contributed by atoms with E-state index in [1.165, 1.54) is 18.3 Å². The predicted octanol–water partition coefficient (Wildman–Crippen LogP) is 4.26. The lowest BCUT2D eigenvalue weighted by molar-refractivity contribution is -0.385. The zero-order valence-electron chi connectivity index (χ0n) is 9.96. The van der Waals surface area contributed by atoms with E-state index >= 15 is 0 Å². The first-order valence-electron chi connectivity index (χ1n) is 5.44. The second-order valence-electron chi connectivity index (χ2n) is 3.86. The van der Waals surface area contributed by atoms with Crippen LogP contribution in [-0.2, 0) is 0 Å². The van der Waals surface area contributed by atoms with Crippen LogP contribution in [0.25, 0.3) is 0 Å². The maximum atomic E-state index is 10.8. The highest BCUT2D eigenvalue weighted by atomic mass is 127. The fourth-order valence-corrected chi connectivity index (χ4v) is 2.47. The molecule has 0 aliphatic rings. The van der Waals surface area contributed by atoms with Crippen LogP contribution in [0.3, 0.4) is 0 Å². The lowest BCUT2D eigenvalue weighted by Gasteiger charge is -2.02. The number of hydrogen-bond acceptors (Lipinski definition) is 4. The minimum Gasteiger partial charge on any atom is -0.506 e. The third kappa shape index (κ3) is 3.66. The van der Waals surface area contributed by atoms with Crippen molar-refractivity contribution >= 4 is 62.8 Å². The number of aromatic hydroxyl groups is 1. The van der Waals surface area contributed by atoms with Crippen LogP contribution in [0.15, 0.2) is 41.4 Å². The summed E-state index contributed by atoms with van der Waals surface area (Å²) >= 11 is 4.04. The SMILES string of the molecule is O=[N+]([O-])c1cc(I)c(O)c(C=Nc2ccc(I)cc2)c1. The molecule has 0 radical (unpaired) electrons. The molecular weight excluding hydrogens is 486 g/mol. The van der Waals surface area contributed by atoms with Crippen molar-refractivity contribution in [3.05, 3.63) is 59.2 Å². The number of halogens is 2. The zero-order chi connectivity index (χ0) is 14.7. The number of non-ortho nitro benzene ring substituents is 1. The summed E-state index contributed by atoms with van der Waals surface area (Å²) in [4.78, 5) is 14.5. The van der Waals surface area contributed by atoms with E-state index in [0.29, 0.717) is 14.8 Å². The minimum absolute atomic E-state index is 0.00883. The number of phenolic OH excluding ortho intramolecular Hbond substituents is 1. The molecule has 0 atom stereocenters. The molecule has 1 N–H and O–H groups in total. The molecule has 20 heavy (non-hydrogen) atoms. The molecule has 2 aromatic carbocycles. The van der Waals surface area contributed by atoms with E-state index < -0.39 is 4.92 Å². The smallest absolute Gasteiger partial charge is 0.271 e. The van der Waals surface area contributed by atoms with E-state index in [1.54, 1.807) is 0 Å². The van der Waals surface area contributed by atoms with E-state index in [2.05, 4.69) is 27.6 Å². The Balaban J connectivity index is 2.37. The van der Waals surface area contributed by atoms with Crippen molar-refractivity contribution in [3.63, 3.8) is 0 Å². The van der Waals surface area contributed by atoms with Gasteiger partial charge in [-0.2, -0.15) is 0 Å². The molecule has 0 amide bonds. The van der Waals surface area contributed by atoms with Crippen LogP contribution in [0, 0.1) is 17.3 Å². The Hall–Kier alpha value is -1.23. The van der Waals surface area contributed by atoms with Crippen LogP contribution in [0.1, 0.15) is 5.56 Å². The Bertz CT molecular complexity index is 685. The average molecular weight is 494 g/mol. The minimum atomic E-state index is -0.496. The summed E-state index contributed by atoms with van der Waals surface area (Å²) < 4.78 is 1.51. The summed E-state index contributed by atoms with van der Waals surface area (Å²) in [5, 5.41) is 20.7. The van der Waals surface area contributed by atoms with Crippen LogP contribution in [0.4, 0.5) is 11.4 Å². The summed E-state index contributed by atoms with van der Waals surface area (Å²) in [5.74, 6) is -0.00883. The van der Waals surface area contributed by atoms with Gasteiger partial charge in [-0.1, -0.05) is 0 Å². The normalized spacial score (nSPS) is 10.9. The number of nitro groups is 1. The first-order valence-corrected chi connectivity index (χ1v) is 7.59. The van der Waals surface area contributed by atoms with Gasteiger partial charge in [-0.25, -0.2) is 0 Å². The predicted molar refractivity (Wildman–Crippen MR) is 93.9 cm³/mol.